The number of carbonyl (C=O) groups excluding carboxylic acids is 2. The van der Waals surface area contributed by atoms with Gasteiger partial charge in [-0.15, -0.1) is 13.2 Å². The topological polar surface area (TPSA) is 113 Å². The number of carbonyl (C=O) groups is 2. The van der Waals surface area contributed by atoms with Gasteiger partial charge in [-0.2, -0.15) is 0 Å². The third kappa shape index (κ3) is 6.74. The van der Waals surface area contributed by atoms with E-state index in [9.17, 15) is 27.6 Å². The van der Waals surface area contributed by atoms with Crippen molar-refractivity contribution in [3.8, 4) is 5.75 Å². The van der Waals surface area contributed by atoms with Gasteiger partial charge in [0.1, 0.15) is 11.8 Å². The zero-order valence-electron chi connectivity index (χ0n) is 23.5. The Morgan fingerprint density at radius 1 is 1.02 bits per heavy atom. The molecule has 4 aromatic rings. The molecule has 4 bridgehead atoms. The SMILES string of the molecule is Cc1cc2ccc1[C@@H](C)COC(=O)Nc1ccc(OC(F)(F)F)c(c1)CN(C)C(=O)[C@@H]2Nc1ccc2cc[nH]c(=O)c2c1. The van der Waals surface area contributed by atoms with Crippen molar-refractivity contribution in [3.05, 3.63) is 99.5 Å². The Balaban J connectivity index is 1.58. The highest BCUT2D eigenvalue weighted by atomic mass is 19.4. The molecule has 0 saturated carbocycles. The number of rotatable bonds is 3. The maximum absolute atomic E-state index is 14.0. The number of hydrogen-bond acceptors (Lipinski definition) is 6. The monoisotopic (exact) mass is 594 g/mol. The number of ether oxygens (including phenoxy) is 2. The largest absolute Gasteiger partial charge is 0.573 e. The number of fused-ring (bicyclic) bond motifs is 10. The summed E-state index contributed by atoms with van der Waals surface area (Å²) in [6.07, 6.45) is -4.20. The molecule has 2 atom stereocenters. The molecule has 224 valence electrons. The summed E-state index contributed by atoms with van der Waals surface area (Å²) < 4.78 is 49.2. The molecule has 0 spiro atoms. The second-order valence-corrected chi connectivity index (χ2v) is 10.5. The van der Waals surface area contributed by atoms with Crippen LogP contribution in [-0.4, -0.2) is 41.9 Å². The molecule has 0 radical (unpaired) electrons. The van der Waals surface area contributed by atoms with E-state index >= 15 is 0 Å². The first-order chi connectivity index (χ1) is 20.4. The van der Waals surface area contributed by atoms with Gasteiger partial charge in [0.25, 0.3) is 5.56 Å². The van der Waals surface area contributed by atoms with Gasteiger partial charge in [-0.1, -0.05) is 31.2 Å². The highest BCUT2D eigenvalue weighted by molar-refractivity contribution is 5.89. The first kappa shape index (κ1) is 29.5. The highest BCUT2D eigenvalue weighted by Gasteiger charge is 2.33. The standard InChI is InChI=1S/C31H29F3N4O5/c1-17-12-20-5-8-24(17)18(2)16-42-30(41)37-22-7-9-26(43-31(32,33)34)21(13-22)15-38(3)29(40)27(20)36-23-6-4-19-10-11-35-28(39)25(19)14-23/h4-14,18,27,36H,15-16H2,1-3H3,(H,35,39)(H,37,41)/t18-,27+/m0/s1. The molecule has 12 heteroatoms. The fraction of sp³-hybridized carbons (Fsp3) is 0.258. The van der Waals surface area contributed by atoms with E-state index < -0.39 is 30.2 Å². The summed E-state index contributed by atoms with van der Waals surface area (Å²) in [7, 11) is 1.46. The van der Waals surface area contributed by atoms with Crippen LogP contribution < -0.4 is 20.9 Å². The Morgan fingerprint density at radius 3 is 2.56 bits per heavy atom. The molecule has 43 heavy (non-hydrogen) atoms. The molecule has 0 unspecified atom stereocenters. The number of pyridine rings is 1. The Hall–Kier alpha value is -5.00. The number of nitrogens with one attached hydrogen (secondary N) is 3. The van der Waals surface area contributed by atoms with E-state index in [1.54, 1.807) is 36.5 Å². The number of nitrogens with zero attached hydrogens (tertiary/aromatic N) is 1. The molecule has 9 nitrogen and oxygen atoms in total. The Morgan fingerprint density at radius 2 is 1.81 bits per heavy atom. The second kappa shape index (κ2) is 11.7. The number of amides is 2. The van der Waals surface area contributed by atoms with E-state index in [0.29, 0.717) is 16.6 Å². The van der Waals surface area contributed by atoms with Gasteiger partial charge >= 0.3 is 12.5 Å². The Kier molecular flexibility index (Phi) is 8.03. The van der Waals surface area contributed by atoms with Crippen molar-refractivity contribution >= 4 is 34.1 Å². The number of H-pyrrole nitrogens is 1. The van der Waals surface area contributed by atoms with E-state index in [1.807, 2.05) is 26.0 Å². The van der Waals surface area contributed by atoms with Crippen LogP contribution in [0.25, 0.3) is 10.8 Å². The van der Waals surface area contributed by atoms with Gasteiger partial charge in [-0.3, -0.25) is 14.9 Å². The average molecular weight is 595 g/mol. The van der Waals surface area contributed by atoms with E-state index in [2.05, 4.69) is 20.4 Å². The number of hydrogen-bond donors (Lipinski definition) is 3. The van der Waals surface area contributed by atoms with Crippen molar-refractivity contribution in [1.82, 2.24) is 9.88 Å². The van der Waals surface area contributed by atoms with Crippen molar-refractivity contribution in [2.24, 2.45) is 0 Å². The van der Waals surface area contributed by atoms with Crippen molar-refractivity contribution in [2.75, 3.05) is 24.3 Å². The third-order valence-electron chi connectivity index (χ3n) is 7.27. The van der Waals surface area contributed by atoms with Crippen LogP contribution in [0.4, 0.5) is 29.3 Å². The molecule has 0 saturated heterocycles. The third-order valence-corrected chi connectivity index (χ3v) is 7.27. The zero-order valence-corrected chi connectivity index (χ0v) is 23.5. The van der Waals surface area contributed by atoms with Gasteiger partial charge in [-0.05, 0) is 65.4 Å². The summed E-state index contributed by atoms with van der Waals surface area (Å²) in [6, 6.07) is 15.1. The van der Waals surface area contributed by atoms with Crippen LogP contribution in [0.2, 0.25) is 0 Å². The molecular formula is C31H29F3N4O5. The first-order valence-corrected chi connectivity index (χ1v) is 13.4. The predicted molar refractivity (Wildman–Crippen MR) is 155 cm³/mol. The van der Waals surface area contributed by atoms with Crippen LogP contribution in [0.1, 0.15) is 41.1 Å². The number of aromatic nitrogens is 1. The predicted octanol–water partition coefficient (Wildman–Crippen LogP) is 6.21. The number of aromatic amines is 1. The van der Waals surface area contributed by atoms with Crippen LogP contribution in [0, 0.1) is 6.92 Å². The van der Waals surface area contributed by atoms with Gasteiger partial charge in [0.15, 0.2) is 0 Å². The number of alkyl halides is 3. The number of likely N-dealkylation sites (N-methyl/N-ethyl adjacent to an activating group) is 1. The zero-order chi connectivity index (χ0) is 30.9. The van der Waals surface area contributed by atoms with Gasteiger partial charge in [0, 0.05) is 48.0 Å². The number of halogens is 3. The molecule has 2 aliphatic rings. The van der Waals surface area contributed by atoms with Crippen LogP contribution in [0.3, 0.4) is 0 Å². The van der Waals surface area contributed by atoms with Crippen LogP contribution >= 0.6 is 0 Å². The minimum absolute atomic E-state index is 0.00829. The van der Waals surface area contributed by atoms with E-state index in [1.165, 1.54) is 24.1 Å². The molecule has 6 rings (SSSR count). The molecule has 0 fully saturated rings. The normalized spacial score (nSPS) is 17.9. The summed E-state index contributed by atoms with van der Waals surface area (Å²) in [5.74, 6) is -1.16. The fourth-order valence-corrected chi connectivity index (χ4v) is 5.16. The molecule has 3 heterocycles. The lowest BCUT2D eigenvalue weighted by molar-refractivity contribution is -0.275. The Labute approximate surface area is 244 Å². The van der Waals surface area contributed by atoms with Gasteiger partial charge < -0.3 is 24.7 Å². The molecular weight excluding hydrogens is 565 g/mol. The lowest BCUT2D eigenvalue weighted by atomic mass is 9.93. The quantitative estimate of drug-likeness (QED) is 0.260. The minimum Gasteiger partial charge on any atom is -0.449 e. The Bertz CT molecular complexity index is 1750. The van der Waals surface area contributed by atoms with E-state index in [4.69, 9.17) is 4.74 Å². The summed E-state index contributed by atoms with van der Waals surface area (Å²) >= 11 is 0. The van der Waals surface area contributed by atoms with Crippen LogP contribution in [0.15, 0.2) is 71.7 Å². The van der Waals surface area contributed by atoms with E-state index in [-0.39, 0.29) is 35.9 Å². The fourth-order valence-electron chi connectivity index (χ4n) is 5.16. The first-order valence-electron chi connectivity index (χ1n) is 13.4. The number of benzene rings is 3. The van der Waals surface area contributed by atoms with E-state index in [0.717, 1.165) is 22.6 Å². The summed E-state index contributed by atoms with van der Waals surface area (Å²) in [4.78, 5) is 42.8. The lowest BCUT2D eigenvalue weighted by Crippen LogP contribution is -2.35. The van der Waals surface area contributed by atoms with Gasteiger partial charge in [0.2, 0.25) is 5.91 Å². The molecule has 3 aromatic carbocycles. The molecule has 2 amide bonds. The average Bonchev–Trinajstić information content (AvgIpc) is 2.95. The van der Waals surface area contributed by atoms with Crippen molar-refractivity contribution in [3.63, 3.8) is 0 Å². The van der Waals surface area contributed by atoms with Crippen LogP contribution in [-0.2, 0) is 16.1 Å². The minimum atomic E-state index is -4.98. The summed E-state index contributed by atoms with van der Waals surface area (Å²) in [5, 5.41) is 6.90. The lowest BCUT2D eigenvalue weighted by Gasteiger charge is -2.28. The molecule has 2 aliphatic heterocycles. The van der Waals surface area contributed by atoms with Crippen molar-refractivity contribution in [2.45, 2.75) is 38.7 Å². The number of anilines is 2. The molecule has 0 aliphatic carbocycles. The van der Waals surface area contributed by atoms with Crippen molar-refractivity contribution in [1.29, 1.82) is 0 Å². The highest BCUT2D eigenvalue weighted by Crippen LogP contribution is 2.32. The summed E-state index contributed by atoms with van der Waals surface area (Å²) in [6.45, 7) is 3.54. The molecule has 3 N–H and O–H groups in total. The van der Waals surface area contributed by atoms with Crippen molar-refractivity contribution < 1.29 is 32.2 Å². The smallest absolute Gasteiger partial charge is 0.449 e. The molecule has 1 aromatic heterocycles. The maximum atomic E-state index is 14.0. The summed E-state index contributed by atoms with van der Waals surface area (Å²) in [5.41, 5.74) is 2.75. The second-order valence-electron chi connectivity index (χ2n) is 10.5. The maximum Gasteiger partial charge on any atom is 0.573 e. The van der Waals surface area contributed by atoms with Gasteiger partial charge in [0.05, 0.1) is 6.61 Å². The van der Waals surface area contributed by atoms with Crippen LogP contribution in [0.5, 0.6) is 5.75 Å². The number of aryl methyl sites for hydroxylation is 1. The van der Waals surface area contributed by atoms with Gasteiger partial charge in [-0.25, -0.2) is 4.79 Å².